The summed E-state index contributed by atoms with van der Waals surface area (Å²) in [7, 11) is 0. The number of carboxylic acid groups (broad SMARTS) is 1. The summed E-state index contributed by atoms with van der Waals surface area (Å²) < 4.78 is 0. The fourth-order valence-electron chi connectivity index (χ4n) is 4.14. The lowest BCUT2D eigenvalue weighted by atomic mass is 9.90. The molecule has 0 heterocycles. The van der Waals surface area contributed by atoms with Crippen LogP contribution in [-0.2, 0) is 4.79 Å². The van der Waals surface area contributed by atoms with Gasteiger partial charge < -0.3 is 10.2 Å². The summed E-state index contributed by atoms with van der Waals surface area (Å²) in [5, 5.41) is 19.9. The van der Waals surface area contributed by atoms with Gasteiger partial charge in [0, 0.05) is 0 Å². The van der Waals surface area contributed by atoms with Crippen molar-refractivity contribution in [1.29, 1.82) is 0 Å². The molecule has 134 valence electrons. The molecule has 24 heavy (non-hydrogen) atoms. The monoisotopic (exact) mass is 332 g/mol. The van der Waals surface area contributed by atoms with E-state index in [9.17, 15) is 15.0 Å². The summed E-state index contributed by atoms with van der Waals surface area (Å²) >= 11 is 0. The van der Waals surface area contributed by atoms with E-state index in [1.54, 1.807) is 0 Å². The van der Waals surface area contributed by atoms with Crippen LogP contribution in [0.25, 0.3) is 0 Å². The zero-order valence-electron chi connectivity index (χ0n) is 15.7. The Labute approximate surface area is 146 Å². The van der Waals surface area contributed by atoms with E-state index in [0.29, 0.717) is 6.42 Å². The van der Waals surface area contributed by atoms with E-state index in [-0.39, 0.29) is 22.3 Å². The van der Waals surface area contributed by atoms with E-state index in [0.717, 1.165) is 25.7 Å². The second kappa shape index (κ2) is 6.87. The van der Waals surface area contributed by atoms with Crippen molar-refractivity contribution in [3.63, 3.8) is 0 Å². The minimum atomic E-state index is -0.998. The average molecular weight is 332 g/mol. The van der Waals surface area contributed by atoms with Crippen molar-refractivity contribution >= 4 is 5.97 Å². The first kappa shape index (κ1) is 19.0. The molecule has 1 fully saturated rings. The van der Waals surface area contributed by atoms with Gasteiger partial charge in [-0.15, -0.1) is 0 Å². The highest BCUT2D eigenvalue weighted by atomic mass is 16.4. The molecule has 1 saturated carbocycles. The van der Waals surface area contributed by atoms with Crippen LogP contribution in [0.4, 0.5) is 0 Å². The summed E-state index contributed by atoms with van der Waals surface area (Å²) in [6.45, 7) is 10.9. The number of hydrogen-bond acceptors (Lipinski definition) is 2. The van der Waals surface area contributed by atoms with E-state index in [2.05, 4.69) is 33.8 Å². The molecule has 0 radical (unpaired) electrons. The molecule has 0 saturated heterocycles. The Morgan fingerprint density at radius 3 is 2.38 bits per heavy atom. The Kier molecular flexibility index (Phi) is 5.44. The first-order valence-corrected chi connectivity index (χ1v) is 9.04. The van der Waals surface area contributed by atoms with Gasteiger partial charge in [-0.3, -0.25) is 0 Å². The molecule has 2 N–H and O–H groups in total. The van der Waals surface area contributed by atoms with Crippen molar-refractivity contribution in [3.05, 3.63) is 34.9 Å². The molecule has 0 spiro atoms. The molecule has 2 aliphatic carbocycles. The Balaban J connectivity index is 2.36. The molecule has 0 bridgehead atoms. The van der Waals surface area contributed by atoms with Crippen molar-refractivity contribution < 1.29 is 15.0 Å². The second-order valence-electron chi connectivity index (χ2n) is 8.44. The van der Waals surface area contributed by atoms with Crippen molar-refractivity contribution in [2.45, 2.75) is 72.8 Å². The van der Waals surface area contributed by atoms with Crippen LogP contribution < -0.4 is 0 Å². The smallest absolute Gasteiger partial charge is 0.333 e. The molecular weight excluding hydrogens is 300 g/mol. The van der Waals surface area contributed by atoms with Crippen molar-refractivity contribution in [2.75, 3.05) is 0 Å². The first-order valence-electron chi connectivity index (χ1n) is 9.04. The number of carboxylic acids is 1. The summed E-state index contributed by atoms with van der Waals surface area (Å²) in [4.78, 5) is 11.7. The minimum Gasteiger partial charge on any atom is -0.478 e. The van der Waals surface area contributed by atoms with E-state index in [1.807, 2.05) is 19.1 Å². The Morgan fingerprint density at radius 2 is 1.75 bits per heavy atom. The highest BCUT2D eigenvalue weighted by molar-refractivity contribution is 5.88. The fourth-order valence-corrected chi connectivity index (χ4v) is 4.14. The number of allylic oxidation sites excluding steroid dienone is 4. The fraction of sp³-hybridized carbons (Fsp3) is 0.667. The van der Waals surface area contributed by atoms with Gasteiger partial charge in [0.25, 0.3) is 0 Å². The summed E-state index contributed by atoms with van der Waals surface area (Å²) in [6.07, 6.45) is 9.66. The van der Waals surface area contributed by atoms with Crippen LogP contribution in [0.15, 0.2) is 34.9 Å². The molecule has 0 unspecified atom stereocenters. The van der Waals surface area contributed by atoms with E-state index >= 15 is 0 Å². The van der Waals surface area contributed by atoms with Gasteiger partial charge in [0.05, 0.1) is 11.7 Å². The molecule has 0 aliphatic heterocycles. The second-order valence-corrected chi connectivity index (χ2v) is 8.44. The summed E-state index contributed by atoms with van der Waals surface area (Å²) in [5.41, 5.74) is 2.95. The lowest BCUT2D eigenvalue weighted by Gasteiger charge is -2.15. The van der Waals surface area contributed by atoms with Crippen molar-refractivity contribution in [1.82, 2.24) is 0 Å². The Bertz CT molecular complexity index is 594. The number of aliphatic hydroxyl groups is 1. The quantitative estimate of drug-likeness (QED) is 0.673. The van der Waals surface area contributed by atoms with Gasteiger partial charge in [-0.1, -0.05) is 50.1 Å². The predicted octanol–water partition coefficient (Wildman–Crippen LogP) is 4.88. The van der Waals surface area contributed by atoms with Gasteiger partial charge in [0.15, 0.2) is 0 Å². The van der Waals surface area contributed by atoms with Crippen LogP contribution in [0.2, 0.25) is 0 Å². The van der Waals surface area contributed by atoms with Crippen LogP contribution >= 0.6 is 0 Å². The largest absolute Gasteiger partial charge is 0.478 e. The standard InChI is InChI=1S/C21H32O3/c1-14-7-6-8-15(2)11-12-21(5)18(20(21,3)4)13-16(19(23)24)17(22)10-9-14/h8-9,13,17-18,22H,6-7,10-12H2,1-5H3,(H,23,24)/b14-9+,15-8+,16-13-/t17-,18-,21+/m0/s1. The number of aliphatic carboxylic acids is 1. The Hall–Kier alpha value is -1.35. The Morgan fingerprint density at radius 1 is 1.12 bits per heavy atom. The van der Waals surface area contributed by atoms with Crippen LogP contribution in [0.3, 0.4) is 0 Å². The third-order valence-electron chi connectivity index (χ3n) is 6.56. The third kappa shape index (κ3) is 3.66. The van der Waals surface area contributed by atoms with Gasteiger partial charge in [0.1, 0.15) is 0 Å². The number of carbonyl (C=O) groups is 1. The maximum atomic E-state index is 11.7. The molecule has 0 aromatic rings. The van der Waals surface area contributed by atoms with Gasteiger partial charge in [-0.25, -0.2) is 4.79 Å². The predicted molar refractivity (Wildman–Crippen MR) is 97.7 cm³/mol. The summed E-state index contributed by atoms with van der Waals surface area (Å²) in [5.74, 6) is -0.798. The highest BCUT2D eigenvalue weighted by Crippen LogP contribution is 2.71. The lowest BCUT2D eigenvalue weighted by molar-refractivity contribution is -0.133. The molecule has 2 rings (SSSR count). The number of hydrogen-bond donors (Lipinski definition) is 2. The molecule has 0 aromatic heterocycles. The van der Waals surface area contributed by atoms with Gasteiger partial charge in [-0.05, 0) is 62.7 Å². The van der Waals surface area contributed by atoms with Gasteiger partial charge in [-0.2, -0.15) is 0 Å². The first-order chi connectivity index (χ1) is 11.1. The molecule has 0 aromatic carbocycles. The van der Waals surface area contributed by atoms with Crippen LogP contribution in [0, 0.1) is 16.7 Å². The van der Waals surface area contributed by atoms with Crippen LogP contribution in [0.1, 0.15) is 66.7 Å². The van der Waals surface area contributed by atoms with E-state index in [4.69, 9.17) is 0 Å². The third-order valence-corrected chi connectivity index (χ3v) is 6.56. The molecular formula is C21H32O3. The molecule has 3 nitrogen and oxygen atoms in total. The zero-order chi connectivity index (χ0) is 18.1. The van der Waals surface area contributed by atoms with Gasteiger partial charge >= 0.3 is 5.97 Å². The molecule has 0 amide bonds. The average Bonchev–Trinajstić information content (AvgIpc) is 2.91. The SMILES string of the molecule is C/C1=C\C[C@H](O)/C(C(=O)O)=C/[C@H]2C(C)(C)[C@]2(C)CC/C(C)=C/CC1. The molecule has 3 atom stereocenters. The minimum absolute atomic E-state index is 0.0691. The zero-order valence-corrected chi connectivity index (χ0v) is 15.7. The molecule has 3 heteroatoms. The maximum Gasteiger partial charge on any atom is 0.333 e. The van der Waals surface area contributed by atoms with Crippen LogP contribution in [0.5, 0.6) is 0 Å². The van der Waals surface area contributed by atoms with Gasteiger partial charge in [0.2, 0.25) is 0 Å². The van der Waals surface area contributed by atoms with Crippen LogP contribution in [-0.4, -0.2) is 22.3 Å². The number of rotatable bonds is 1. The summed E-state index contributed by atoms with van der Waals surface area (Å²) in [6, 6.07) is 0. The highest BCUT2D eigenvalue weighted by Gasteiger charge is 2.65. The number of aliphatic hydroxyl groups excluding tert-OH is 1. The topological polar surface area (TPSA) is 57.5 Å². The van der Waals surface area contributed by atoms with E-state index in [1.165, 1.54) is 11.1 Å². The lowest BCUT2D eigenvalue weighted by Crippen LogP contribution is -2.18. The number of fused-ring (bicyclic) bond motifs is 1. The normalized spacial score (nSPS) is 40.7. The van der Waals surface area contributed by atoms with E-state index < -0.39 is 12.1 Å². The molecule has 2 aliphatic rings. The van der Waals surface area contributed by atoms with Crippen molar-refractivity contribution in [3.8, 4) is 0 Å². The van der Waals surface area contributed by atoms with Crippen molar-refractivity contribution in [2.24, 2.45) is 16.7 Å². The maximum absolute atomic E-state index is 11.7.